The molecule has 3 rings (SSSR count). The predicted octanol–water partition coefficient (Wildman–Crippen LogP) is 2.00. The van der Waals surface area contributed by atoms with Crippen LogP contribution in [0.5, 0.6) is 5.75 Å². The third-order valence-electron chi connectivity index (χ3n) is 3.48. The van der Waals surface area contributed by atoms with Crippen LogP contribution in [0, 0.1) is 0 Å². The van der Waals surface area contributed by atoms with E-state index in [-0.39, 0.29) is 0 Å². The molecule has 0 aliphatic carbocycles. The highest BCUT2D eigenvalue weighted by atomic mass is 32.2. The molecule has 0 fully saturated rings. The summed E-state index contributed by atoms with van der Waals surface area (Å²) < 4.78 is 7.61. The lowest BCUT2D eigenvalue weighted by atomic mass is 10.2. The standard InChI is InChI=1S/C13H18N6OS/c1-14-11-10(20-2)12(16-8-15-11)21-13-18-17-9-6-4-3-5-7-19(9)13/h8H,3-7H2,1-2H3,(H,14,15,16). The Labute approximate surface area is 127 Å². The number of nitrogens with one attached hydrogen (secondary N) is 1. The summed E-state index contributed by atoms with van der Waals surface area (Å²) in [5.74, 6) is 2.37. The van der Waals surface area contributed by atoms with Crippen molar-refractivity contribution >= 4 is 17.6 Å². The number of rotatable bonds is 4. The quantitative estimate of drug-likeness (QED) is 0.865. The fourth-order valence-electron chi connectivity index (χ4n) is 2.41. The molecule has 2 aromatic heterocycles. The SMILES string of the molecule is CNc1ncnc(Sc2nnc3n2CCCCC3)c1OC. The number of fused-ring (bicyclic) bond motifs is 1. The lowest BCUT2D eigenvalue weighted by Crippen LogP contribution is -2.03. The van der Waals surface area contributed by atoms with Gasteiger partial charge >= 0.3 is 0 Å². The summed E-state index contributed by atoms with van der Waals surface area (Å²) in [6.07, 6.45) is 6.12. The van der Waals surface area contributed by atoms with Crippen molar-refractivity contribution in [2.45, 2.75) is 42.4 Å². The van der Waals surface area contributed by atoms with E-state index in [0.717, 1.165) is 29.0 Å². The van der Waals surface area contributed by atoms with Crippen LogP contribution in [0.15, 0.2) is 16.5 Å². The maximum absolute atomic E-state index is 5.42. The van der Waals surface area contributed by atoms with Gasteiger partial charge in [0.15, 0.2) is 21.7 Å². The first kappa shape index (κ1) is 14.1. The van der Waals surface area contributed by atoms with Crippen molar-refractivity contribution in [3.8, 4) is 5.75 Å². The number of methoxy groups -OCH3 is 1. The van der Waals surface area contributed by atoms with E-state index in [2.05, 4.69) is 30.0 Å². The van der Waals surface area contributed by atoms with Crippen molar-refractivity contribution in [3.63, 3.8) is 0 Å². The van der Waals surface area contributed by atoms with Crippen molar-refractivity contribution in [1.29, 1.82) is 0 Å². The van der Waals surface area contributed by atoms with Crippen molar-refractivity contribution in [2.75, 3.05) is 19.5 Å². The normalized spacial score (nSPS) is 14.4. The van der Waals surface area contributed by atoms with E-state index >= 15 is 0 Å². The van der Waals surface area contributed by atoms with Gasteiger partial charge in [-0.2, -0.15) is 0 Å². The van der Waals surface area contributed by atoms with Crippen molar-refractivity contribution < 1.29 is 4.74 Å². The Kier molecular flexibility index (Phi) is 4.23. The van der Waals surface area contributed by atoms with E-state index in [4.69, 9.17) is 4.74 Å². The number of hydrogen-bond donors (Lipinski definition) is 1. The van der Waals surface area contributed by atoms with E-state index in [0.29, 0.717) is 11.6 Å². The molecule has 112 valence electrons. The lowest BCUT2D eigenvalue weighted by molar-refractivity contribution is 0.400. The summed E-state index contributed by atoms with van der Waals surface area (Å²) in [4.78, 5) is 8.47. The zero-order valence-corrected chi connectivity index (χ0v) is 13.0. The molecule has 0 radical (unpaired) electrons. The zero-order valence-electron chi connectivity index (χ0n) is 12.2. The van der Waals surface area contributed by atoms with Crippen LogP contribution < -0.4 is 10.1 Å². The van der Waals surface area contributed by atoms with E-state index in [1.165, 1.54) is 37.4 Å². The number of anilines is 1. The van der Waals surface area contributed by atoms with Crippen LogP contribution in [0.4, 0.5) is 5.82 Å². The van der Waals surface area contributed by atoms with Gasteiger partial charge in [-0.25, -0.2) is 9.97 Å². The largest absolute Gasteiger partial charge is 0.490 e. The summed E-state index contributed by atoms with van der Waals surface area (Å²) in [5, 5.41) is 13.2. The number of aryl methyl sites for hydroxylation is 1. The molecule has 0 unspecified atom stereocenters. The van der Waals surface area contributed by atoms with Gasteiger partial charge in [0.1, 0.15) is 12.2 Å². The van der Waals surface area contributed by atoms with Gasteiger partial charge in [-0.05, 0) is 24.6 Å². The van der Waals surface area contributed by atoms with Gasteiger partial charge in [0, 0.05) is 20.0 Å². The highest BCUT2D eigenvalue weighted by molar-refractivity contribution is 7.99. The summed E-state index contributed by atoms with van der Waals surface area (Å²) in [5.41, 5.74) is 0. The molecule has 0 saturated carbocycles. The molecule has 1 N–H and O–H groups in total. The average molecular weight is 306 g/mol. The number of hydrogen-bond acceptors (Lipinski definition) is 7. The molecule has 2 aromatic rings. The second-order valence-corrected chi connectivity index (χ2v) is 5.73. The molecular weight excluding hydrogens is 288 g/mol. The Morgan fingerprint density at radius 1 is 1.24 bits per heavy atom. The van der Waals surface area contributed by atoms with Gasteiger partial charge in [-0.3, -0.25) is 0 Å². The Balaban J connectivity index is 1.92. The van der Waals surface area contributed by atoms with E-state index in [1.54, 1.807) is 7.11 Å². The van der Waals surface area contributed by atoms with Crippen molar-refractivity contribution in [3.05, 3.63) is 12.2 Å². The number of ether oxygens (including phenoxy) is 1. The molecule has 1 aliphatic rings. The van der Waals surface area contributed by atoms with Gasteiger partial charge in [0.05, 0.1) is 7.11 Å². The van der Waals surface area contributed by atoms with Crippen LogP contribution in [-0.2, 0) is 13.0 Å². The number of aromatic nitrogens is 5. The minimum atomic E-state index is 0.635. The third-order valence-corrected chi connectivity index (χ3v) is 4.44. The van der Waals surface area contributed by atoms with Crippen LogP contribution in [0.3, 0.4) is 0 Å². The van der Waals surface area contributed by atoms with Crippen LogP contribution >= 0.6 is 11.8 Å². The average Bonchev–Trinajstić information content (AvgIpc) is 2.74. The van der Waals surface area contributed by atoms with E-state index < -0.39 is 0 Å². The lowest BCUT2D eigenvalue weighted by Gasteiger charge is -2.11. The van der Waals surface area contributed by atoms with Crippen LogP contribution in [-0.4, -0.2) is 38.9 Å². The predicted molar refractivity (Wildman–Crippen MR) is 79.8 cm³/mol. The molecule has 0 amide bonds. The third kappa shape index (κ3) is 2.80. The summed E-state index contributed by atoms with van der Waals surface area (Å²) in [7, 11) is 3.43. The highest BCUT2D eigenvalue weighted by Crippen LogP contribution is 2.36. The van der Waals surface area contributed by atoms with E-state index in [9.17, 15) is 0 Å². The molecule has 8 heteroatoms. The fourth-order valence-corrected chi connectivity index (χ4v) is 3.35. The monoisotopic (exact) mass is 306 g/mol. The van der Waals surface area contributed by atoms with Crippen molar-refractivity contribution in [2.24, 2.45) is 0 Å². The molecule has 0 bridgehead atoms. The first-order valence-electron chi connectivity index (χ1n) is 7.00. The van der Waals surface area contributed by atoms with Crippen LogP contribution in [0.1, 0.15) is 25.1 Å². The highest BCUT2D eigenvalue weighted by Gasteiger charge is 2.19. The van der Waals surface area contributed by atoms with Crippen LogP contribution in [0.25, 0.3) is 0 Å². The molecule has 21 heavy (non-hydrogen) atoms. The summed E-state index contributed by atoms with van der Waals surface area (Å²) >= 11 is 1.47. The fraction of sp³-hybridized carbons (Fsp3) is 0.538. The Morgan fingerprint density at radius 3 is 2.95 bits per heavy atom. The summed E-state index contributed by atoms with van der Waals surface area (Å²) in [6, 6.07) is 0. The van der Waals surface area contributed by atoms with Gasteiger partial charge in [-0.1, -0.05) is 6.42 Å². The van der Waals surface area contributed by atoms with Gasteiger partial charge in [-0.15, -0.1) is 10.2 Å². The molecule has 0 spiro atoms. The molecule has 0 aromatic carbocycles. The minimum absolute atomic E-state index is 0.635. The first-order valence-corrected chi connectivity index (χ1v) is 7.81. The Hall–Kier alpha value is -1.83. The van der Waals surface area contributed by atoms with E-state index in [1.807, 2.05) is 7.05 Å². The van der Waals surface area contributed by atoms with Crippen molar-refractivity contribution in [1.82, 2.24) is 24.7 Å². The molecule has 7 nitrogen and oxygen atoms in total. The topological polar surface area (TPSA) is 77.8 Å². The molecule has 3 heterocycles. The second-order valence-electron chi connectivity index (χ2n) is 4.77. The first-order chi connectivity index (χ1) is 10.3. The maximum Gasteiger partial charge on any atom is 0.197 e. The smallest absolute Gasteiger partial charge is 0.197 e. The van der Waals surface area contributed by atoms with Gasteiger partial charge in [0.2, 0.25) is 0 Å². The Bertz CT molecular complexity index is 629. The summed E-state index contributed by atoms with van der Waals surface area (Å²) in [6.45, 7) is 0.969. The molecule has 0 saturated heterocycles. The molecule has 1 aliphatic heterocycles. The maximum atomic E-state index is 5.42. The van der Waals surface area contributed by atoms with Gasteiger partial charge in [0.25, 0.3) is 0 Å². The Morgan fingerprint density at radius 2 is 2.14 bits per heavy atom. The minimum Gasteiger partial charge on any atom is -0.490 e. The second kappa shape index (κ2) is 6.30. The van der Waals surface area contributed by atoms with Crippen LogP contribution in [0.2, 0.25) is 0 Å². The molecular formula is C13H18N6OS. The molecule has 0 atom stereocenters. The van der Waals surface area contributed by atoms with Gasteiger partial charge < -0.3 is 14.6 Å². The number of nitrogens with zero attached hydrogens (tertiary/aromatic N) is 5. The zero-order chi connectivity index (χ0) is 14.7.